The Morgan fingerprint density at radius 1 is 1.24 bits per heavy atom. The molecule has 0 aromatic carbocycles. The van der Waals surface area contributed by atoms with E-state index in [9.17, 15) is 9.59 Å². The minimum absolute atomic E-state index is 0.0851. The topological polar surface area (TPSA) is 75.4 Å². The molecule has 0 bridgehead atoms. The molecule has 0 saturated carbocycles. The number of carbonyl (C=O) groups is 2. The van der Waals surface area contributed by atoms with Gasteiger partial charge in [-0.05, 0) is 36.8 Å². The average Bonchev–Trinajstić information content (AvgIpc) is 3.18. The molecule has 6 nitrogen and oxygen atoms in total. The van der Waals surface area contributed by atoms with Crippen LogP contribution in [0.1, 0.15) is 41.9 Å². The number of nitrogens with zero attached hydrogens (tertiary/aromatic N) is 3. The molecular formula is C18H23N3O3S. The third-order valence-corrected chi connectivity index (χ3v) is 5.34. The molecule has 2 aromatic heterocycles. The zero-order valence-corrected chi connectivity index (χ0v) is 15.0. The van der Waals surface area contributed by atoms with Crippen molar-refractivity contribution in [2.75, 3.05) is 6.54 Å². The van der Waals surface area contributed by atoms with E-state index >= 15 is 0 Å². The molecule has 25 heavy (non-hydrogen) atoms. The largest absolute Gasteiger partial charge is 0.481 e. The van der Waals surface area contributed by atoms with E-state index in [1.165, 1.54) is 4.88 Å². The number of carbonyl (C=O) groups excluding carboxylic acids is 1. The number of hydrogen-bond acceptors (Lipinski definition) is 4. The third-order valence-electron chi connectivity index (χ3n) is 4.41. The molecule has 0 atom stereocenters. The van der Waals surface area contributed by atoms with Gasteiger partial charge in [0.1, 0.15) is 0 Å². The van der Waals surface area contributed by atoms with Crippen molar-refractivity contribution in [2.24, 2.45) is 0 Å². The summed E-state index contributed by atoms with van der Waals surface area (Å²) in [5.74, 6) is -0.621. The van der Waals surface area contributed by atoms with Crippen molar-refractivity contribution in [3.05, 3.63) is 39.8 Å². The number of aromatic nitrogens is 2. The second-order valence-electron chi connectivity index (χ2n) is 6.35. The predicted molar refractivity (Wildman–Crippen MR) is 95.5 cm³/mol. The Hall–Kier alpha value is -2.15. The highest BCUT2D eigenvalue weighted by molar-refractivity contribution is 7.09. The molecule has 0 unspecified atom stereocenters. The van der Waals surface area contributed by atoms with Crippen LogP contribution in [0.4, 0.5) is 0 Å². The maximum Gasteiger partial charge on any atom is 0.303 e. The molecule has 134 valence electrons. The van der Waals surface area contributed by atoms with E-state index in [4.69, 9.17) is 5.11 Å². The Balaban J connectivity index is 1.54. The Morgan fingerprint density at radius 2 is 2.12 bits per heavy atom. The lowest BCUT2D eigenvalue weighted by atomic mass is 10.2. The Bertz CT molecular complexity index is 724. The summed E-state index contributed by atoms with van der Waals surface area (Å²) in [5, 5.41) is 15.4. The normalized spacial score (nSPS) is 14.2. The quantitative estimate of drug-likeness (QED) is 0.823. The summed E-state index contributed by atoms with van der Waals surface area (Å²) in [7, 11) is 0. The van der Waals surface area contributed by atoms with Crippen LogP contribution in [0.2, 0.25) is 0 Å². The number of thiophene rings is 1. The van der Waals surface area contributed by atoms with Crippen molar-refractivity contribution >= 4 is 23.2 Å². The third kappa shape index (κ3) is 4.92. The maximum absolute atomic E-state index is 12.5. The van der Waals surface area contributed by atoms with Gasteiger partial charge >= 0.3 is 5.97 Å². The molecule has 3 heterocycles. The number of carboxylic acid groups (broad SMARTS) is 1. The minimum Gasteiger partial charge on any atom is -0.481 e. The van der Waals surface area contributed by atoms with Gasteiger partial charge < -0.3 is 10.0 Å². The highest BCUT2D eigenvalue weighted by atomic mass is 32.1. The van der Waals surface area contributed by atoms with Gasteiger partial charge in [-0.1, -0.05) is 6.07 Å². The monoisotopic (exact) mass is 361 g/mol. The summed E-state index contributed by atoms with van der Waals surface area (Å²) < 4.78 is 1.93. The van der Waals surface area contributed by atoms with Gasteiger partial charge in [0, 0.05) is 30.8 Å². The Kier molecular flexibility index (Phi) is 5.86. The maximum atomic E-state index is 12.5. The molecule has 2 aromatic rings. The molecule has 1 aliphatic heterocycles. The molecule has 0 saturated heterocycles. The van der Waals surface area contributed by atoms with Crippen LogP contribution in [-0.4, -0.2) is 38.2 Å². The van der Waals surface area contributed by atoms with E-state index < -0.39 is 5.97 Å². The van der Waals surface area contributed by atoms with Gasteiger partial charge in [0.15, 0.2) is 0 Å². The molecular weight excluding hydrogens is 338 g/mol. The average molecular weight is 361 g/mol. The standard InChI is InChI=1S/C18H23N3O3S/c22-17(6-1-4-16-5-2-11-25-16)20-9-3-10-21-15(13-20)12-14(19-21)7-8-18(23)24/h2,5,11-12H,1,3-4,6-10,13H2,(H,23,24). The fourth-order valence-corrected chi connectivity index (χ4v) is 3.87. The van der Waals surface area contributed by atoms with Crippen LogP contribution in [0.15, 0.2) is 23.6 Å². The zero-order chi connectivity index (χ0) is 17.6. The first-order valence-corrected chi connectivity index (χ1v) is 9.57. The first kappa shape index (κ1) is 17.7. The van der Waals surface area contributed by atoms with Gasteiger partial charge in [0.05, 0.1) is 24.4 Å². The fourth-order valence-electron chi connectivity index (χ4n) is 3.12. The zero-order valence-electron chi connectivity index (χ0n) is 14.2. The van der Waals surface area contributed by atoms with E-state index in [-0.39, 0.29) is 12.3 Å². The number of hydrogen-bond donors (Lipinski definition) is 1. The Labute approximate surface area is 151 Å². The fraction of sp³-hybridized carbons (Fsp3) is 0.500. The molecule has 0 aliphatic carbocycles. The summed E-state index contributed by atoms with van der Waals surface area (Å²) in [6, 6.07) is 6.10. The summed E-state index contributed by atoms with van der Waals surface area (Å²) >= 11 is 1.74. The lowest BCUT2D eigenvalue weighted by Gasteiger charge is -2.20. The summed E-state index contributed by atoms with van der Waals surface area (Å²) in [4.78, 5) is 26.5. The van der Waals surface area contributed by atoms with E-state index in [1.54, 1.807) is 11.3 Å². The van der Waals surface area contributed by atoms with Gasteiger partial charge in [-0.2, -0.15) is 5.10 Å². The Morgan fingerprint density at radius 3 is 2.88 bits per heavy atom. The van der Waals surface area contributed by atoms with Crippen LogP contribution in [0.5, 0.6) is 0 Å². The van der Waals surface area contributed by atoms with E-state index in [1.807, 2.05) is 21.7 Å². The number of carboxylic acids is 1. The molecule has 7 heteroatoms. The molecule has 0 spiro atoms. The van der Waals surface area contributed by atoms with Crippen LogP contribution in [0.25, 0.3) is 0 Å². The van der Waals surface area contributed by atoms with Gasteiger partial charge in [0.25, 0.3) is 0 Å². The van der Waals surface area contributed by atoms with Crippen LogP contribution in [0.3, 0.4) is 0 Å². The second-order valence-corrected chi connectivity index (χ2v) is 7.38. The summed E-state index contributed by atoms with van der Waals surface area (Å²) in [6.07, 6.45) is 3.79. The van der Waals surface area contributed by atoms with Crippen LogP contribution >= 0.6 is 11.3 Å². The first-order chi connectivity index (χ1) is 12.1. The molecule has 1 aliphatic rings. The lowest BCUT2D eigenvalue weighted by molar-refractivity contribution is -0.137. The van der Waals surface area contributed by atoms with Gasteiger partial charge in [-0.3, -0.25) is 14.3 Å². The second kappa shape index (κ2) is 8.29. The molecule has 0 fully saturated rings. The highest BCUT2D eigenvalue weighted by Gasteiger charge is 2.20. The number of rotatable bonds is 7. The molecule has 1 N–H and O–H groups in total. The SMILES string of the molecule is O=C(O)CCc1cc2n(n1)CCCN(C(=O)CCCc1cccs1)C2. The summed E-state index contributed by atoms with van der Waals surface area (Å²) in [5.41, 5.74) is 1.80. The predicted octanol–water partition coefficient (Wildman–Crippen LogP) is 2.72. The number of fused-ring (bicyclic) bond motifs is 1. The molecule has 1 amide bonds. The van der Waals surface area contributed by atoms with E-state index in [2.05, 4.69) is 16.5 Å². The van der Waals surface area contributed by atoms with E-state index in [0.29, 0.717) is 19.4 Å². The molecule has 3 rings (SSSR count). The smallest absolute Gasteiger partial charge is 0.303 e. The number of aliphatic carboxylic acids is 1. The minimum atomic E-state index is -0.814. The van der Waals surface area contributed by atoms with Crippen molar-refractivity contribution in [1.82, 2.24) is 14.7 Å². The van der Waals surface area contributed by atoms with Gasteiger partial charge in [0.2, 0.25) is 5.91 Å². The van der Waals surface area contributed by atoms with Crippen LogP contribution in [-0.2, 0) is 35.5 Å². The number of amides is 1. The van der Waals surface area contributed by atoms with Gasteiger partial charge in [-0.15, -0.1) is 11.3 Å². The summed E-state index contributed by atoms with van der Waals surface area (Å²) in [6.45, 7) is 2.10. The van der Waals surface area contributed by atoms with Crippen molar-refractivity contribution in [1.29, 1.82) is 0 Å². The van der Waals surface area contributed by atoms with Crippen molar-refractivity contribution < 1.29 is 14.7 Å². The van der Waals surface area contributed by atoms with Crippen LogP contribution in [0, 0.1) is 0 Å². The van der Waals surface area contributed by atoms with E-state index in [0.717, 1.165) is 43.7 Å². The van der Waals surface area contributed by atoms with Crippen molar-refractivity contribution in [2.45, 2.75) is 51.6 Å². The van der Waals surface area contributed by atoms with Crippen molar-refractivity contribution in [3.63, 3.8) is 0 Å². The van der Waals surface area contributed by atoms with Crippen LogP contribution < -0.4 is 0 Å². The van der Waals surface area contributed by atoms with Gasteiger partial charge in [-0.25, -0.2) is 0 Å². The first-order valence-electron chi connectivity index (χ1n) is 8.69. The lowest BCUT2D eigenvalue weighted by Crippen LogP contribution is -2.30. The number of aryl methyl sites for hydroxylation is 3. The van der Waals surface area contributed by atoms with Crippen molar-refractivity contribution in [3.8, 4) is 0 Å². The molecule has 0 radical (unpaired) electrons. The highest BCUT2D eigenvalue weighted by Crippen LogP contribution is 2.17.